The number of hydrogen-bond donors (Lipinski definition) is 0. The SMILES string of the molecule is O=C1C=CC(=O)N1CCOCCOCCOCCOCCOCCOCCN1C(=O)C=CC1=O. The fraction of sp³-hybridized carbons (Fsp3) is 0.636. The zero-order valence-electron chi connectivity index (χ0n) is 19.2. The minimum absolute atomic E-state index is 0.232. The third-order valence-electron chi connectivity index (χ3n) is 4.58. The van der Waals surface area contributed by atoms with E-state index in [1.54, 1.807) is 0 Å². The Balaban J connectivity index is 1.22. The molecule has 4 amide bonds. The van der Waals surface area contributed by atoms with Crippen LogP contribution in [0.4, 0.5) is 0 Å². The lowest BCUT2D eigenvalue weighted by Crippen LogP contribution is -2.33. The number of hydrogen-bond acceptors (Lipinski definition) is 10. The Kier molecular flexibility index (Phi) is 13.9. The largest absolute Gasteiger partial charge is 0.377 e. The molecule has 0 radical (unpaired) electrons. The lowest BCUT2D eigenvalue weighted by atomic mass is 10.5. The highest BCUT2D eigenvalue weighted by Gasteiger charge is 2.23. The molecule has 0 aromatic heterocycles. The van der Waals surface area contributed by atoms with Gasteiger partial charge in [0.1, 0.15) is 0 Å². The van der Waals surface area contributed by atoms with Crippen molar-refractivity contribution in [3.05, 3.63) is 24.3 Å². The third kappa shape index (κ3) is 11.1. The number of imide groups is 2. The molecule has 0 atom stereocenters. The van der Waals surface area contributed by atoms with Gasteiger partial charge in [0.05, 0.1) is 92.4 Å². The fourth-order valence-electron chi connectivity index (χ4n) is 2.82. The maximum Gasteiger partial charge on any atom is 0.253 e. The van der Waals surface area contributed by atoms with Crippen LogP contribution in [0.2, 0.25) is 0 Å². The highest BCUT2D eigenvalue weighted by Crippen LogP contribution is 2.03. The molecule has 2 aliphatic heterocycles. The molecule has 0 unspecified atom stereocenters. The van der Waals surface area contributed by atoms with Gasteiger partial charge in [-0.25, -0.2) is 0 Å². The van der Waals surface area contributed by atoms with E-state index in [2.05, 4.69) is 0 Å². The van der Waals surface area contributed by atoms with Crippen molar-refractivity contribution in [3.8, 4) is 0 Å². The Morgan fingerprint density at radius 2 is 0.588 bits per heavy atom. The van der Waals surface area contributed by atoms with Crippen molar-refractivity contribution in [2.75, 3.05) is 92.4 Å². The molecule has 0 spiro atoms. The average molecular weight is 485 g/mol. The van der Waals surface area contributed by atoms with E-state index in [1.165, 1.54) is 24.3 Å². The summed E-state index contributed by atoms with van der Waals surface area (Å²) < 4.78 is 32.2. The van der Waals surface area contributed by atoms with Crippen LogP contribution in [0, 0.1) is 0 Å². The molecule has 0 N–H and O–H groups in total. The van der Waals surface area contributed by atoms with E-state index in [4.69, 9.17) is 28.4 Å². The fourth-order valence-corrected chi connectivity index (χ4v) is 2.82. The van der Waals surface area contributed by atoms with Gasteiger partial charge in [-0.05, 0) is 0 Å². The lowest BCUT2D eigenvalue weighted by Gasteiger charge is -2.13. The number of rotatable bonds is 21. The van der Waals surface area contributed by atoms with Gasteiger partial charge in [-0.15, -0.1) is 0 Å². The Morgan fingerprint density at radius 3 is 0.824 bits per heavy atom. The molecule has 0 aromatic carbocycles. The Labute approximate surface area is 198 Å². The number of amides is 4. The first kappa shape index (κ1) is 27.8. The summed E-state index contributed by atoms with van der Waals surface area (Å²) in [5.74, 6) is -1.26. The highest BCUT2D eigenvalue weighted by molar-refractivity contribution is 6.13. The number of carbonyl (C=O) groups excluding carboxylic acids is 4. The standard InChI is InChI=1S/C22H32N2O10/c25-19-1-2-20(26)23(19)5-7-29-9-11-31-13-15-33-17-18-34-16-14-32-12-10-30-8-6-24-21(27)3-4-22(24)28/h1-4H,5-18H2. The average Bonchev–Trinajstić information content (AvgIpc) is 3.32. The summed E-state index contributed by atoms with van der Waals surface area (Å²) in [7, 11) is 0. The number of carbonyl (C=O) groups is 4. The molecule has 2 heterocycles. The molecule has 0 aromatic rings. The van der Waals surface area contributed by atoms with Crippen molar-refractivity contribution < 1.29 is 47.6 Å². The van der Waals surface area contributed by atoms with Crippen molar-refractivity contribution in [2.24, 2.45) is 0 Å². The van der Waals surface area contributed by atoms with E-state index in [0.717, 1.165) is 9.80 Å². The van der Waals surface area contributed by atoms with Crippen molar-refractivity contribution in [1.29, 1.82) is 0 Å². The second-order valence-corrected chi connectivity index (χ2v) is 7.00. The lowest BCUT2D eigenvalue weighted by molar-refractivity contribution is -0.139. The summed E-state index contributed by atoms with van der Waals surface area (Å²) in [5.41, 5.74) is 0. The topological polar surface area (TPSA) is 130 Å². The summed E-state index contributed by atoms with van der Waals surface area (Å²) in [6.07, 6.45) is 4.98. The van der Waals surface area contributed by atoms with Gasteiger partial charge in [-0.2, -0.15) is 0 Å². The maximum absolute atomic E-state index is 11.3. The minimum Gasteiger partial charge on any atom is -0.377 e. The number of nitrogens with zero attached hydrogens (tertiary/aromatic N) is 2. The van der Waals surface area contributed by atoms with Gasteiger partial charge in [-0.3, -0.25) is 29.0 Å². The van der Waals surface area contributed by atoms with Crippen molar-refractivity contribution in [3.63, 3.8) is 0 Å². The molecule has 0 saturated carbocycles. The second kappa shape index (κ2) is 17.0. The van der Waals surface area contributed by atoms with Crippen LogP contribution in [-0.2, 0) is 47.6 Å². The number of ether oxygens (including phenoxy) is 6. The van der Waals surface area contributed by atoms with Crippen LogP contribution in [0.25, 0.3) is 0 Å². The molecular formula is C22H32N2O10. The first-order chi connectivity index (χ1) is 16.6. The van der Waals surface area contributed by atoms with E-state index in [1.807, 2.05) is 0 Å². The zero-order valence-corrected chi connectivity index (χ0v) is 19.2. The van der Waals surface area contributed by atoms with Crippen molar-refractivity contribution >= 4 is 23.6 Å². The Bertz CT molecular complexity index is 628. The monoisotopic (exact) mass is 484 g/mol. The van der Waals surface area contributed by atoms with Gasteiger partial charge in [0.15, 0.2) is 0 Å². The molecule has 2 aliphatic rings. The van der Waals surface area contributed by atoms with Crippen molar-refractivity contribution in [1.82, 2.24) is 9.80 Å². The van der Waals surface area contributed by atoms with Crippen LogP contribution >= 0.6 is 0 Å². The van der Waals surface area contributed by atoms with Crippen LogP contribution in [0.5, 0.6) is 0 Å². The van der Waals surface area contributed by atoms with Crippen LogP contribution in [0.15, 0.2) is 24.3 Å². The normalized spacial score (nSPS) is 15.5. The van der Waals surface area contributed by atoms with Gasteiger partial charge < -0.3 is 28.4 Å². The van der Waals surface area contributed by atoms with Crippen molar-refractivity contribution in [2.45, 2.75) is 0 Å². The molecule has 12 heteroatoms. The van der Waals surface area contributed by atoms with Gasteiger partial charge in [0.2, 0.25) is 0 Å². The second-order valence-electron chi connectivity index (χ2n) is 7.00. The summed E-state index contributed by atoms with van der Waals surface area (Å²) in [6, 6.07) is 0. The van der Waals surface area contributed by atoms with Gasteiger partial charge in [-0.1, -0.05) is 0 Å². The molecule has 190 valence electrons. The molecule has 12 nitrogen and oxygen atoms in total. The summed E-state index contributed by atoms with van der Waals surface area (Å²) >= 11 is 0. The minimum atomic E-state index is -0.314. The zero-order chi connectivity index (χ0) is 24.4. The van der Waals surface area contributed by atoms with E-state index >= 15 is 0 Å². The molecular weight excluding hydrogens is 452 g/mol. The van der Waals surface area contributed by atoms with Crippen LogP contribution in [0.3, 0.4) is 0 Å². The van der Waals surface area contributed by atoms with E-state index in [9.17, 15) is 19.2 Å². The highest BCUT2D eigenvalue weighted by atomic mass is 16.6. The molecule has 2 rings (SSSR count). The molecule has 0 fully saturated rings. The van der Waals surface area contributed by atoms with E-state index in [0.29, 0.717) is 66.1 Å². The predicted molar refractivity (Wildman–Crippen MR) is 117 cm³/mol. The predicted octanol–water partition coefficient (Wildman–Crippen LogP) is -1.06. The Hall–Kier alpha value is -2.48. The Morgan fingerprint density at radius 1 is 0.382 bits per heavy atom. The van der Waals surface area contributed by atoms with Gasteiger partial charge in [0, 0.05) is 24.3 Å². The van der Waals surface area contributed by atoms with Crippen LogP contribution in [0.1, 0.15) is 0 Å². The van der Waals surface area contributed by atoms with Gasteiger partial charge >= 0.3 is 0 Å². The van der Waals surface area contributed by atoms with E-state index in [-0.39, 0.29) is 49.9 Å². The molecule has 34 heavy (non-hydrogen) atoms. The van der Waals surface area contributed by atoms with Gasteiger partial charge in [0.25, 0.3) is 23.6 Å². The van der Waals surface area contributed by atoms with E-state index < -0.39 is 0 Å². The molecule has 0 aliphatic carbocycles. The maximum atomic E-state index is 11.3. The van der Waals surface area contributed by atoms with Crippen LogP contribution in [-0.4, -0.2) is 126 Å². The molecule has 0 saturated heterocycles. The first-order valence-corrected chi connectivity index (χ1v) is 11.1. The third-order valence-corrected chi connectivity index (χ3v) is 4.58. The smallest absolute Gasteiger partial charge is 0.253 e. The first-order valence-electron chi connectivity index (χ1n) is 11.1. The summed E-state index contributed by atoms with van der Waals surface area (Å²) in [5, 5.41) is 0. The summed E-state index contributed by atoms with van der Waals surface area (Å²) in [6.45, 7) is 5.14. The van der Waals surface area contributed by atoms with Crippen LogP contribution < -0.4 is 0 Å². The quantitative estimate of drug-likeness (QED) is 0.147. The summed E-state index contributed by atoms with van der Waals surface area (Å²) in [4.78, 5) is 47.6. The molecule has 0 bridgehead atoms.